The maximum atomic E-state index is 11.8. The normalized spacial score (nSPS) is 27.7. The Labute approximate surface area is 209 Å². The van der Waals surface area contributed by atoms with Crippen molar-refractivity contribution in [3.05, 3.63) is 16.7 Å². The molecular formula is C10H17N5NaO15P3. The van der Waals surface area contributed by atoms with E-state index in [9.17, 15) is 38.5 Å². The van der Waals surface area contributed by atoms with Gasteiger partial charge in [0.1, 0.15) is 18.3 Å². The van der Waals surface area contributed by atoms with E-state index in [0.29, 0.717) is 0 Å². The number of anilines is 1. The third-order valence-electron chi connectivity index (χ3n) is 3.88. The van der Waals surface area contributed by atoms with Crippen molar-refractivity contribution in [2.45, 2.75) is 24.5 Å². The summed E-state index contributed by atoms with van der Waals surface area (Å²) in [5.74, 6) is -0.281. The average Bonchev–Trinajstić information content (AvgIpc) is 3.12. The molecule has 0 aliphatic carbocycles. The number of aliphatic hydroxyl groups excluding tert-OH is 2. The molecule has 0 amide bonds. The average molecular weight is 563 g/mol. The molecule has 188 valence electrons. The molecule has 0 spiro atoms. The molecule has 3 heterocycles. The molecule has 2 aromatic rings. The SMILES string of the molecule is Nc1nc2c(ncn2[C@@H]2O[C@H](COP(=O)(O)OP(=O)(O)OP(=O)([O-])O)[C@@H](O)[C@H]2O)c(=O)[nH]1.O.[Na+]. The molecular weight excluding hydrogens is 546 g/mol. The first-order valence-electron chi connectivity index (χ1n) is 8.09. The van der Waals surface area contributed by atoms with E-state index in [1.807, 2.05) is 0 Å². The number of aromatic nitrogens is 4. The Morgan fingerprint density at radius 2 is 1.79 bits per heavy atom. The van der Waals surface area contributed by atoms with Gasteiger partial charge >= 0.3 is 45.2 Å². The number of nitrogens with one attached hydrogen (secondary N) is 1. The molecule has 7 atom stereocenters. The van der Waals surface area contributed by atoms with Crippen LogP contribution in [0.5, 0.6) is 0 Å². The Kier molecular flexibility index (Phi) is 10.4. The van der Waals surface area contributed by atoms with Gasteiger partial charge in [-0.25, -0.2) is 18.4 Å². The molecule has 0 radical (unpaired) electrons. The van der Waals surface area contributed by atoms with Crippen molar-refractivity contribution in [3.63, 3.8) is 0 Å². The fourth-order valence-corrected chi connectivity index (χ4v) is 5.69. The summed E-state index contributed by atoms with van der Waals surface area (Å²) < 4.78 is 51.3. The van der Waals surface area contributed by atoms with Gasteiger partial charge in [-0.2, -0.15) is 9.29 Å². The van der Waals surface area contributed by atoms with Crippen LogP contribution in [0.15, 0.2) is 11.1 Å². The number of imidazole rings is 1. The van der Waals surface area contributed by atoms with Gasteiger partial charge in [-0.3, -0.25) is 23.4 Å². The number of aliphatic hydroxyl groups is 2. The van der Waals surface area contributed by atoms with Crippen molar-refractivity contribution in [1.82, 2.24) is 19.5 Å². The summed E-state index contributed by atoms with van der Waals surface area (Å²) in [4.78, 5) is 59.1. The van der Waals surface area contributed by atoms with E-state index in [2.05, 4.69) is 28.1 Å². The molecule has 3 rings (SSSR count). The fraction of sp³-hybridized carbons (Fsp3) is 0.500. The molecule has 20 nitrogen and oxygen atoms in total. The van der Waals surface area contributed by atoms with Crippen molar-refractivity contribution in [3.8, 4) is 0 Å². The molecule has 1 saturated heterocycles. The summed E-state index contributed by atoms with van der Waals surface area (Å²) in [5, 5.41) is 20.4. The van der Waals surface area contributed by atoms with Crippen LogP contribution in [-0.4, -0.2) is 74.8 Å². The minimum Gasteiger partial charge on any atom is -0.756 e. The topological polar surface area (TPSA) is 333 Å². The molecule has 34 heavy (non-hydrogen) atoms. The van der Waals surface area contributed by atoms with E-state index in [1.54, 1.807) is 0 Å². The first-order chi connectivity index (χ1) is 14.6. The predicted octanol–water partition coefficient (Wildman–Crippen LogP) is -6.79. The number of hydrogen-bond donors (Lipinski definition) is 7. The van der Waals surface area contributed by atoms with E-state index in [1.165, 1.54) is 0 Å². The van der Waals surface area contributed by atoms with E-state index < -0.39 is 60.2 Å². The van der Waals surface area contributed by atoms with E-state index in [4.69, 9.17) is 20.3 Å². The zero-order valence-electron chi connectivity index (χ0n) is 16.8. The van der Waals surface area contributed by atoms with Crippen LogP contribution < -0.4 is 45.7 Å². The van der Waals surface area contributed by atoms with Crippen LogP contribution in [0, 0.1) is 0 Å². The van der Waals surface area contributed by atoms with Crippen molar-refractivity contribution in [2.75, 3.05) is 12.3 Å². The zero-order chi connectivity index (χ0) is 24.1. The zero-order valence-corrected chi connectivity index (χ0v) is 21.4. The van der Waals surface area contributed by atoms with E-state index in [0.717, 1.165) is 10.9 Å². The first-order valence-corrected chi connectivity index (χ1v) is 12.6. The van der Waals surface area contributed by atoms with Gasteiger partial charge in [0.15, 0.2) is 17.4 Å². The van der Waals surface area contributed by atoms with Gasteiger partial charge < -0.3 is 45.7 Å². The van der Waals surface area contributed by atoms with Gasteiger partial charge in [-0.05, 0) is 0 Å². The number of nitrogen functional groups attached to an aromatic ring is 1. The monoisotopic (exact) mass is 563 g/mol. The molecule has 1 aliphatic rings. The second-order valence-corrected chi connectivity index (χ2v) is 10.6. The number of fused-ring (bicyclic) bond motifs is 1. The van der Waals surface area contributed by atoms with Gasteiger partial charge in [0.05, 0.1) is 12.9 Å². The molecule has 24 heteroatoms. The van der Waals surface area contributed by atoms with Crippen molar-refractivity contribution < 1.29 is 96.4 Å². The van der Waals surface area contributed by atoms with Gasteiger partial charge in [0.2, 0.25) is 5.95 Å². The molecule has 3 unspecified atom stereocenters. The molecule has 0 bridgehead atoms. The second-order valence-electron chi connectivity index (χ2n) is 6.19. The summed E-state index contributed by atoms with van der Waals surface area (Å²) >= 11 is 0. The van der Waals surface area contributed by atoms with Gasteiger partial charge in [0, 0.05) is 0 Å². The quantitative estimate of drug-likeness (QED) is 0.116. The van der Waals surface area contributed by atoms with Crippen LogP contribution in [0.25, 0.3) is 11.2 Å². The van der Waals surface area contributed by atoms with Crippen molar-refractivity contribution in [2.24, 2.45) is 0 Å². The molecule has 0 aromatic carbocycles. The largest absolute Gasteiger partial charge is 1.00 e. The molecule has 10 N–H and O–H groups in total. The number of phosphoric acid groups is 3. The molecule has 1 aliphatic heterocycles. The standard InChI is InChI=1S/C10H16N5O14P3.Na.H2O/c11-10-13-7-4(8(18)14-10)12-2-15(7)9-6(17)5(16)3(27-9)1-26-31(22,23)29-32(24,25)28-30(19,20)21;;/h2-3,5-6,9,16-17H,1H2,(H,22,23)(H,24,25)(H2,19,20,21)(H3,11,13,14,18);;1H2/q;+1;/p-1/t3-,5-,6-,9-;;/m1../s1. The number of aromatic amines is 1. The number of ether oxygens (including phenoxy) is 1. The summed E-state index contributed by atoms with van der Waals surface area (Å²) in [7, 11) is -17.1. The number of hydrogen-bond acceptors (Lipinski definition) is 14. The number of nitrogens with zero attached hydrogens (tertiary/aromatic N) is 3. The van der Waals surface area contributed by atoms with Gasteiger partial charge in [-0.1, -0.05) is 0 Å². The summed E-state index contributed by atoms with van der Waals surface area (Å²) in [6, 6.07) is 0. The molecule has 2 aromatic heterocycles. The summed E-state index contributed by atoms with van der Waals surface area (Å²) in [5.41, 5.74) is 4.48. The Morgan fingerprint density at radius 3 is 2.38 bits per heavy atom. The predicted molar refractivity (Wildman–Crippen MR) is 99.7 cm³/mol. The Balaban J connectivity index is 0.00000289. The first kappa shape index (κ1) is 31.4. The third kappa shape index (κ3) is 7.45. The van der Waals surface area contributed by atoms with Crippen LogP contribution in [0.1, 0.15) is 6.23 Å². The van der Waals surface area contributed by atoms with Gasteiger partial charge in [-0.15, -0.1) is 0 Å². The van der Waals surface area contributed by atoms with Crippen LogP contribution in [0.3, 0.4) is 0 Å². The van der Waals surface area contributed by atoms with Crippen LogP contribution >= 0.6 is 23.5 Å². The Bertz CT molecular complexity index is 1220. The summed E-state index contributed by atoms with van der Waals surface area (Å²) in [6.07, 6.45) is -5.38. The summed E-state index contributed by atoms with van der Waals surface area (Å²) in [6.45, 7) is -1.03. The maximum absolute atomic E-state index is 11.8. The number of rotatable bonds is 8. The number of H-pyrrole nitrogens is 1. The third-order valence-corrected chi connectivity index (χ3v) is 7.65. The fourth-order valence-electron chi connectivity index (χ4n) is 2.69. The minimum atomic E-state index is -5.82. The Hall–Kier alpha value is -0.600. The van der Waals surface area contributed by atoms with Crippen molar-refractivity contribution in [1.29, 1.82) is 0 Å². The number of nitrogens with two attached hydrogens (primary N) is 1. The number of phosphoric ester groups is 1. The second kappa shape index (κ2) is 11.2. The van der Waals surface area contributed by atoms with Crippen LogP contribution in [0.2, 0.25) is 0 Å². The van der Waals surface area contributed by atoms with Crippen LogP contribution in [-0.2, 0) is 31.6 Å². The minimum absolute atomic E-state index is 0. The molecule has 0 saturated carbocycles. The van der Waals surface area contributed by atoms with E-state index in [-0.39, 0.29) is 52.1 Å². The van der Waals surface area contributed by atoms with Gasteiger partial charge in [0.25, 0.3) is 13.4 Å². The smallest absolute Gasteiger partial charge is 0.756 e. The Morgan fingerprint density at radius 1 is 1.18 bits per heavy atom. The molecule has 1 fully saturated rings. The van der Waals surface area contributed by atoms with E-state index >= 15 is 0 Å². The maximum Gasteiger partial charge on any atom is 1.00 e. The van der Waals surface area contributed by atoms with Crippen LogP contribution in [0.4, 0.5) is 5.95 Å². The van der Waals surface area contributed by atoms with Crippen molar-refractivity contribution >= 4 is 40.6 Å².